The molecule has 0 saturated heterocycles. The number of rotatable bonds is 7. The average molecular weight is 469 g/mol. The number of aromatic hydroxyl groups is 1. The van der Waals surface area contributed by atoms with Crippen LogP contribution in [0.15, 0.2) is 54.9 Å². The van der Waals surface area contributed by atoms with Crippen LogP contribution < -0.4 is 14.4 Å². The third-order valence-electron chi connectivity index (χ3n) is 6.10. The standard InChI is InChI=1S/C25H25ClN2O5/c1-33-22-11-10-21(24(29)23(22)17-6-2-3-7-17)28(15-16-5-4-12-27(32)14-16)18-8-9-19(25(30)31)20(26)13-18/h4-5,8-14,17,29H,2-3,6-7,15H2,1H3,(H,30,31). The van der Waals surface area contributed by atoms with Crippen LogP contribution in [0.4, 0.5) is 11.4 Å². The van der Waals surface area contributed by atoms with Crippen LogP contribution in [0, 0.1) is 5.21 Å². The molecule has 0 bridgehead atoms. The predicted octanol–water partition coefficient (Wildman–Crippen LogP) is 5.38. The van der Waals surface area contributed by atoms with E-state index in [0.717, 1.165) is 31.2 Å². The van der Waals surface area contributed by atoms with E-state index in [-0.39, 0.29) is 28.8 Å². The van der Waals surface area contributed by atoms with Crippen molar-refractivity contribution in [1.82, 2.24) is 0 Å². The van der Waals surface area contributed by atoms with Gasteiger partial charge in [0.1, 0.15) is 11.5 Å². The van der Waals surface area contributed by atoms with Crippen LogP contribution in [0.5, 0.6) is 11.5 Å². The maximum Gasteiger partial charge on any atom is 0.337 e. The summed E-state index contributed by atoms with van der Waals surface area (Å²) in [6, 6.07) is 11.7. The lowest BCUT2D eigenvalue weighted by atomic mass is 9.94. The summed E-state index contributed by atoms with van der Waals surface area (Å²) in [6.45, 7) is 0.260. The Morgan fingerprint density at radius 3 is 2.64 bits per heavy atom. The van der Waals surface area contributed by atoms with Crippen molar-refractivity contribution in [2.45, 2.75) is 38.1 Å². The number of aromatic nitrogens is 1. The quantitative estimate of drug-likeness (QED) is 0.357. The Bertz CT molecular complexity index is 1180. The van der Waals surface area contributed by atoms with Crippen LogP contribution in [0.25, 0.3) is 0 Å². The van der Waals surface area contributed by atoms with E-state index < -0.39 is 5.97 Å². The third kappa shape index (κ3) is 4.68. The number of carboxylic acids is 1. The minimum atomic E-state index is -1.12. The normalized spacial score (nSPS) is 13.8. The van der Waals surface area contributed by atoms with Crippen molar-refractivity contribution in [1.29, 1.82) is 0 Å². The number of halogens is 1. The predicted molar refractivity (Wildman–Crippen MR) is 126 cm³/mol. The third-order valence-corrected chi connectivity index (χ3v) is 6.41. The number of hydrogen-bond acceptors (Lipinski definition) is 5. The molecule has 2 aromatic carbocycles. The molecule has 0 radical (unpaired) electrons. The molecule has 0 spiro atoms. The molecular weight excluding hydrogens is 444 g/mol. The van der Waals surface area contributed by atoms with Crippen LogP contribution in [-0.4, -0.2) is 23.3 Å². The molecule has 4 rings (SSSR count). The van der Waals surface area contributed by atoms with E-state index >= 15 is 0 Å². The molecule has 1 aliphatic carbocycles. The minimum Gasteiger partial charge on any atom is -0.619 e. The summed E-state index contributed by atoms with van der Waals surface area (Å²) in [4.78, 5) is 13.2. The zero-order valence-electron chi connectivity index (χ0n) is 18.2. The smallest absolute Gasteiger partial charge is 0.337 e. The Hall–Kier alpha value is -3.45. The fourth-order valence-electron chi connectivity index (χ4n) is 4.52. The van der Waals surface area contributed by atoms with Crippen LogP contribution >= 0.6 is 11.6 Å². The molecule has 0 unspecified atom stereocenters. The van der Waals surface area contributed by atoms with Crippen LogP contribution in [0.3, 0.4) is 0 Å². The SMILES string of the molecule is COc1ccc(N(Cc2ccc[n+]([O-])c2)c2ccc(C(=O)O)c(Cl)c2)c(O)c1C1CCCC1. The first-order chi connectivity index (χ1) is 15.9. The number of pyridine rings is 1. The van der Waals surface area contributed by atoms with Crippen molar-refractivity contribution in [2.75, 3.05) is 12.0 Å². The number of nitrogens with zero attached hydrogens (tertiary/aromatic N) is 2. The molecule has 1 aliphatic rings. The number of benzene rings is 2. The van der Waals surface area contributed by atoms with Crippen molar-refractivity contribution < 1.29 is 24.5 Å². The zero-order valence-corrected chi connectivity index (χ0v) is 19.0. The highest BCUT2D eigenvalue weighted by Gasteiger charge is 2.28. The van der Waals surface area contributed by atoms with Crippen LogP contribution in [0.1, 0.15) is 53.1 Å². The van der Waals surface area contributed by atoms with E-state index in [4.69, 9.17) is 16.3 Å². The van der Waals surface area contributed by atoms with Crippen molar-refractivity contribution in [3.05, 3.63) is 81.8 Å². The van der Waals surface area contributed by atoms with Gasteiger partial charge in [-0.25, -0.2) is 4.79 Å². The minimum absolute atomic E-state index is 0.0110. The van der Waals surface area contributed by atoms with Gasteiger partial charge in [-0.1, -0.05) is 24.4 Å². The summed E-state index contributed by atoms with van der Waals surface area (Å²) in [7, 11) is 1.59. The van der Waals surface area contributed by atoms with Gasteiger partial charge in [0.05, 0.1) is 29.9 Å². The van der Waals surface area contributed by atoms with E-state index in [1.54, 1.807) is 31.4 Å². The fraction of sp³-hybridized carbons (Fsp3) is 0.280. The van der Waals surface area contributed by atoms with Gasteiger partial charge in [0.25, 0.3) is 0 Å². The second-order valence-electron chi connectivity index (χ2n) is 8.16. The molecular formula is C25H25ClN2O5. The average Bonchev–Trinajstić information content (AvgIpc) is 3.31. The molecule has 172 valence electrons. The summed E-state index contributed by atoms with van der Waals surface area (Å²) in [5, 5.41) is 32.7. The molecule has 3 aromatic rings. The van der Waals surface area contributed by atoms with Crippen molar-refractivity contribution in [3.8, 4) is 11.5 Å². The Balaban J connectivity index is 1.85. The second kappa shape index (κ2) is 9.58. The monoisotopic (exact) mass is 468 g/mol. The first-order valence-electron chi connectivity index (χ1n) is 10.8. The number of aromatic carboxylic acids is 1. The van der Waals surface area contributed by atoms with Gasteiger partial charge in [-0.05, 0) is 55.2 Å². The number of phenols is 1. The molecule has 33 heavy (non-hydrogen) atoms. The Morgan fingerprint density at radius 2 is 2.00 bits per heavy atom. The molecule has 2 N–H and O–H groups in total. The highest BCUT2D eigenvalue weighted by molar-refractivity contribution is 6.33. The number of carboxylic acid groups (broad SMARTS) is 1. The Kier molecular flexibility index (Phi) is 6.60. The molecule has 1 saturated carbocycles. The Morgan fingerprint density at radius 1 is 1.24 bits per heavy atom. The number of phenolic OH excluding ortho intramolecular Hbond substituents is 1. The molecule has 8 heteroatoms. The zero-order chi connectivity index (χ0) is 23.5. The van der Waals surface area contributed by atoms with Crippen molar-refractivity contribution in [2.24, 2.45) is 0 Å². The lowest BCUT2D eigenvalue weighted by Gasteiger charge is -2.28. The maximum atomic E-state index is 11.8. The lowest BCUT2D eigenvalue weighted by molar-refractivity contribution is -0.605. The number of anilines is 2. The largest absolute Gasteiger partial charge is 0.619 e. The van der Waals surface area contributed by atoms with E-state index in [1.807, 2.05) is 17.0 Å². The van der Waals surface area contributed by atoms with Gasteiger partial charge >= 0.3 is 5.97 Å². The first kappa shape index (κ1) is 22.7. The van der Waals surface area contributed by atoms with Gasteiger partial charge in [-0.3, -0.25) is 0 Å². The summed E-state index contributed by atoms with van der Waals surface area (Å²) < 4.78 is 6.28. The van der Waals surface area contributed by atoms with Gasteiger partial charge in [0.15, 0.2) is 12.4 Å². The highest BCUT2D eigenvalue weighted by atomic mass is 35.5. The van der Waals surface area contributed by atoms with E-state index in [9.17, 15) is 20.2 Å². The van der Waals surface area contributed by atoms with Gasteiger partial charge in [-0.2, -0.15) is 4.73 Å². The summed E-state index contributed by atoms with van der Waals surface area (Å²) in [5.41, 5.74) is 2.59. The Labute approximate surface area is 197 Å². The highest BCUT2D eigenvalue weighted by Crippen LogP contribution is 2.48. The van der Waals surface area contributed by atoms with E-state index in [2.05, 4.69) is 0 Å². The maximum absolute atomic E-state index is 11.8. The summed E-state index contributed by atoms with van der Waals surface area (Å²) in [6.07, 6.45) is 7.00. The lowest BCUT2D eigenvalue weighted by Crippen LogP contribution is -2.26. The number of carbonyl (C=O) groups is 1. The van der Waals surface area contributed by atoms with Gasteiger partial charge < -0.3 is 25.1 Å². The summed E-state index contributed by atoms with van der Waals surface area (Å²) >= 11 is 6.26. The molecule has 0 atom stereocenters. The number of hydrogen-bond donors (Lipinski definition) is 2. The van der Waals surface area contributed by atoms with Gasteiger partial charge in [0, 0.05) is 22.9 Å². The van der Waals surface area contributed by atoms with Gasteiger partial charge in [-0.15, -0.1) is 0 Å². The molecule has 0 aliphatic heterocycles. The molecule has 1 fully saturated rings. The first-order valence-corrected chi connectivity index (χ1v) is 11.1. The fourth-order valence-corrected chi connectivity index (χ4v) is 4.78. The van der Waals surface area contributed by atoms with Crippen LogP contribution in [-0.2, 0) is 6.54 Å². The molecule has 0 amide bonds. The topological polar surface area (TPSA) is 96.9 Å². The molecule has 7 nitrogen and oxygen atoms in total. The summed E-state index contributed by atoms with van der Waals surface area (Å²) in [5.74, 6) is -0.172. The van der Waals surface area contributed by atoms with E-state index in [1.165, 1.54) is 18.5 Å². The molecule has 1 heterocycles. The number of ether oxygens (including phenoxy) is 1. The second-order valence-corrected chi connectivity index (χ2v) is 8.57. The van der Waals surface area contributed by atoms with Crippen molar-refractivity contribution >= 4 is 28.9 Å². The molecule has 1 aromatic heterocycles. The van der Waals surface area contributed by atoms with Crippen molar-refractivity contribution in [3.63, 3.8) is 0 Å². The van der Waals surface area contributed by atoms with Gasteiger partial charge in [0.2, 0.25) is 0 Å². The van der Waals surface area contributed by atoms with E-state index in [0.29, 0.717) is 27.4 Å². The number of methoxy groups -OCH3 is 1. The van der Waals surface area contributed by atoms with Crippen LogP contribution in [0.2, 0.25) is 5.02 Å².